The monoisotopic (exact) mass is 785 g/mol. The Hall–Kier alpha value is -4.49. The summed E-state index contributed by atoms with van der Waals surface area (Å²) in [6.45, 7) is -0.308. The van der Waals surface area contributed by atoms with Crippen LogP contribution in [0.1, 0.15) is 87.4 Å². The van der Waals surface area contributed by atoms with E-state index in [0.717, 1.165) is 30.5 Å². The minimum Gasteiger partial charge on any atom is -0.486 e. The lowest BCUT2D eigenvalue weighted by Gasteiger charge is -2.50. The first-order chi connectivity index (χ1) is 27.6. The van der Waals surface area contributed by atoms with E-state index < -0.39 is 78.9 Å². The number of nitrogens with two attached hydrogens (primary N) is 1. The first-order valence-corrected chi connectivity index (χ1v) is 19.7. The molecule has 3 saturated heterocycles. The minimum atomic E-state index is -1.75. The Bertz CT molecular complexity index is 2080. The molecular weight excluding hydrogens is 738 g/mol. The number of hydrogen-bond acceptors (Lipinski definition) is 15. The normalized spacial score (nSPS) is 31.9. The standard InChI is InChI=1S/C41H47N5O11/c42-40-44-37-28(38(53)45-40)43-19-46(37)26-11-5-4-8-21(26)20-12-16-55-41(13-6-1-7-14-41)36-32(51)31(50)33(52)39(57-36)56-34-24(20)18-25-27(35(34)54-17-15-47)30(49)23-10-3-2-9-22(23)29(25)48/h2-5,8-11,18,20,28,31-33,36-37,39-40,43-44,47,50-52H,1,6-7,12-17,19,42H2,(H,45,53)/t20-,28+,31-,32-,33+,36-,37+,39+,40+/m1/s1. The maximum atomic E-state index is 14.4. The molecule has 9 atom stereocenters. The van der Waals surface area contributed by atoms with E-state index in [1.807, 2.05) is 29.2 Å². The van der Waals surface area contributed by atoms with Crippen LogP contribution in [0.15, 0.2) is 54.6 Å². The average molecular weight is 786 g/mol. The van der Waals surface area contributed by atoms with Gasteiger partial charge in [-0.15, -0.1) is 0 Å². The Kier molecular flexibility index (Phi) is 10.0. The van der Waals surface area contributed by atoms with E-state index in [4.69, 9.17) is 24.7 Å². The van der Waals surface area contributed by atoms with Gasteiger partial charge in [-0.25, -0.2) is 0 Å². The number of carbonyl (C=O) groups excluding carboxylic acids is 3. The molecule has 4 fully saturated rings. The molecular formula is C41H47N5O11. The number of nitrogens with one attached hydrogen (secondary N) is 3. The number of benzene rings is 3. The molecule has 6 aliphatic rings. The number of rotatable bonds is 5. The second-order valence-corrected chi connectivity index (χ2v) is 15.6. The molecule has 2 bridgehead atoms. The van der Waals surface area contributed by atoms with Crippen LogP contribution in [0.25, 0.3) is 0 Å². The second kappa shape index (κ2) is 15.0. The molecule has 3 aromatic rings. The molecule has 302 valence electrons. The number of aliphatic hydroxyl groups excluding tert-OH is 4. The first kappa shape index (κ1) is 38.1. The molecule has 1 saturated carbocycles. The van der Waals surface area contributed by atoms with Crippen LogP contribution in [0.3, 0.4) is 0 Å². The number of carbonyl (C=O) groups is 3. The molecule has 4 heterocycles. The van der Waals surface area contributed by atoms with Crippen LogP contribution in [0.5, 0.6) is 11.5 Å². The first-order valence-electron chi connectivity index (χ1n) is 19.7. The molecule has 1 amide bonds. The molecule has 1 spiro atoms. The van der Waals surface area contributed by atoms with Crippen molar-refractivity contribution in [1.29, 1.82) is 0 Å². The lowest BCUT2D eigenvalue weighted by atomic mass is 9.76. The number of hydrogen-bond donors (Lipinski definition) is 8. The fourth-order valence-electron chi connectivity index (χ4n) is 9.66. The summed E-state index contributed by atoms with van der Waals surface area (Å²) in [5.74, 6) is -1.99. The van der Waals surface area contributed by atoms with Crippen LogP contribution in [-0.2, 0) is 14.3 Å². The van der Waals surface area contributed by atoms with Crippen molar-refractivity contribution < 1.29 is 53.8 Å². The Labute approximate surface area is 328 Å². The molecule has 4 aliphatic heterocycles. The highest BCUT2D eigenvalue weighted by Gasteiger charge is 2.56. The highest BCUT2D eigenvalue weighted by molar-refractivity contribution is 6.29. The van der Waals surface area contributed by atoms with Gasteiger partial charge in [-0.1, -0.05) is 61.7 Å². The molecule has 16 nitrogen and oxygen atoms in total. The van der Waals surface area contributed by atoms with E-state index in [1.165, 1.54) is 0 Å². The third kappa shape index (κ3) is 6.31. The summed E-state index contributed by atoms with van der Waals surface area (Å²) in [6, 6.07) is 15.1. The molecule has 3 aromatic carbocycles. The zero-order valence-corrected chi connectivity index (χ0v) is 31.1. The number of amides is 1. The fourth-order valence-corrected chi connectivity index (χ4v) is 9.66. The van der Waals surface area contributed by atoms with E-state index in [1.54, 1.807) is 30.3 Å². The fraction of sp³-hybridized carbons (Fsp3) is 0.488. The van der Waals surface area contributed by atoms with Crippen molar-refractivity contribution in [1.82, 2.24) is 16.0 Å². The molecule has 0 aromatic heterocycles. The number of para-hydroxylation sites is 1. The third-order valence-corrected chi connectivity index (χ3v) is 12.4. The van der Waals surface area contributed by atoms with Crippen LogP contribution in [0.2, 0.25) is 0 Å². The quantitative estimate of drug-likeness (QED) is 0.136. The maximum absolute atomic E-state index is 14.4. The topological polar surface area (TPSA) is 234 Å². The zero-order chi connectivity index (χ0) is 39.6. The lowest BCUT2D eigenvalue weighted by molar-refractivity contribution is -0.314. The van der Waals surface area contributed by atoms with Crippen molar-refractivity contribution in [2.75, 3.05) is 31.4 Å². The van der Waals surface area contributed by atoms with Crippen molar-refractivity contribution in [3.8, 4) is 11.5 Å². The second-order valence-electron chi connectivity index (χ2n) is 15.6. The molecule has 16 heteroatoms. The van der Waals surface area contributed by atoms with Crippen molar-refractivity contribution in [2.45, 2.75) is 99.2 Å². The van der Waals surface area contributed by atoms with Gasteiger partial charge in [0.15, 0.2) is 23.1 Å². The van der Waals surface area contributed by atoms with Gasteiger partial charge in [0.1, 0.15) is 49.5 Å². The smallest absolute Gasteiger partial charge is 0.242 e. The SMILES string of the molecule is N[C@@H]1NC(=O)[C@H]2NCN(c3ccccc3[C@H]3CCOC4(CCCCC4)[C@@H]4O[C@H](Oc5c3cc3c(c5OCCO)C(=O)c5ccccc5C3=O)[C@@H](O)[C@H](O)[C@H]4O)[C@@H]2N1. The largest absolute Gasteiger partial charge is 0.486 e. The van der Waals surface area contributed by atoms with Gasteiger partial charge in [0.2, 0.25) is 12.2 Å². The summed E-state index contributed by atoms with van der Waals surface area (Å²) < 4.78 is 26.2. The van der Waals surface area contributed by atoms with Gasteiger partial charge in [0.25, 0.3) is 0 Å². The minimum absolute atomic E-state index is 0.0388. The van der Waals surface area contributed by atoms with Gasteiger partial charge in [-0.3, -0.25) is 30.8 Å². The predicted molar refractivity (Wildman–Crippen MR) is 202 cm³/mol. The molecule has 57 heavy (non-hydrogen) atoms. The maximum Gasteiger partial charge on any atom is 0.242 e. The molecule has 2 aliphatic carbocycles. The van der Waals surface area contributed by atoms with Gasteiger partial charge >= 0.3 is 0 Å². The highest BCUT2D eigenvalue weighted by atomic mass is 16.7. The van der Waals surface area contributed by atoms with Crippen LogP contribution in [0, 0.1) is 0 Å². The average Bonchev–Trinajstić information content (AvgIpc) is 3.64. The van der Waals surface area contributed by atoms with Gasteiger partial charge < -0.3 is 49.6 Å². The lowest BCUT2D eigenvalue weighted by Crippen LogP contribution is -2.70. The number of fused-ring (bicyclic) bond motifs is 7. The Morgan fingerprint density at radius 3 is 2.40 bits per heavy atom. The van der Waals surface area contributed by atoms with E-state index >= 15 is 0 Å². The third-order valence-electron chi connectivity index (χ3n) is 12.4. The van der Waals surface area contributed by atoms with Crippen molar-refractivity contribution in [3.05, 3.63) is 88.0 Å². The summed E-state index contributed by atoms with van der Waals surface area (Å²) in [5, 5.41) is 53.6. The van der Waals surface area contributed by atoms with Crippen molar-refractivity contribution >= 4 is 23.2 Å². The van der Waals surface area contributed by atoms with E-state index in [0.29, 0.717) is 18.4 Å². The number of nitrogens with zero attached hydrogens (tertiary/aromatic N) is 1. The molecule has 9 rings (SSSR count). The number of anilines is 1. The number of aliphatic hydroxyl groups is 4. The highest BCUT2D eigenvalue weighted by Crippen LogP contribution is 2.51. The molecule has 0 radical (unpaired) electrons. The van der Waals surface area contributed by atoms with E-state index in [2.05, 4.69) is 16.0 Å². The summed E-state index contributed by atoms with van der Waals surface area (Å²) >= 11 is 0. The Morgan fingerprint density at radius 1 is 0.895 bits per heavy atom. The van der Waals surface area contributed by atoms with Crippen LogP contribution in [-0.4, -0.2) is 119 Å². The van der Waals surface area contributed by atoms with Crippen LogP contribution in [0.4, 0.5) is 5.69 Å². The summed E-state index contributed by atoms with van der Waals surface area (Å²) in [4.78, 5) is 43.8. The van der Waals surface area contributed by atoms with Crippen LogP contribution >= 0.6 is 0 Å². The van der Waals surface area contributed by atoms with E-state index in [-0.39, 0.29) is 66.0 Å². The molecule has 0 unspecified atom stereocenters. The van der Waals surface area contributed by atoms with Gasteiger partial charge in [-0.2, -0.15) is 0 Å². The number of ketones is 2. The Morgan fingerprint density at radius 2 is 1.63 bits per heavy atom. The van der Waals surface area contributed by atoms with Crippen molar-refractivity contribution in [2.24, 2.45) is 5.73 Å². The predicted octanol–water partition coefficient (Wildman–Crippen LogP) is 0.298. The molecule has 9 N–H and O–H groups in total. The Balaban J connectivity index is 1.27. The van der Waals surface area contributed by atoms with Crippen LogP contribution < -0.4 is 36.1 Å². The van der Waals surface area contributed by atoms with Gasteiger partial charge in [0.05, 0.1) is 24.4 Å². The summed E-state index contributed by atoms with van der Waals surface area (Å²) in [6.07, 6.45) is -5.10. The summed E-state index contributed by atoms with van der Waals surface area (Å²) in [5.41, 5.74) is 7.39. The van der Waals surface area contributed by atoms with Gasteiger partial charge in [-0.05, 0) is 37.0 Å². The number of ether oxygens (including phenoxy) is 4. The summed E-state index contributed by atoms with van der Waals surface area (Å²) in [7, 11) is 0. The zero-order valence-electron chi connectivity index (χ0n) is 31.1. The van der Waals surface area contributed by atoms with Crippen molar-refractivity contribution in [3.63, 3.8) is 0 Å². The van der Waals surface area contributed by atoms with E-state index in [9.17, 15) is 34.8 Å². The van der Waals surface area contributed by atoms with Gasteiger partial charge in [0, 0.05) is 40.5 Å².